The second-order valence-corrected chi connectivity index (χ2v) is 5.61. The minimum atomic E-state index is -0.901. The van der Waals surface area contributed by atoms with Gasteiger partial charge in [-0.25, -0.2) is 0 Å². The van der Waals surface area contributed by atoms with E-state index in [0.717, 1.165) is 13.0 Å². The molecule has 1 saturated heterocycles. The summed E-state index contributed by atoms with van der Waals surface area (Å²) < 4.78 is 0. The maximum absolute atomic E-state index is 12.5. The maximum atomic E-state index is 12.5. The van der Waals surface area contributed by atoms with Crippen LogP contribution in [0.3, 0.4) is 0 Å². The molecule has 20 heavy (non-hydrogen) atoms. The van der Waals surface area contributed by atoms with E-state index in [9.17, 15) is 4.79 Å². The molecule has 116 valence electrons. The third-order valence-corrected chi connectivity index (χ3v) is 4.66. The van der Waals surface area contributed by atoms with Gasteiger partial charge in [0.15, 0.2) is 5.84 Å². The summed E-state index contributed by atoms with van der Waals surface area (Å²) in [5.74, 6) is -0.145. The lowest BCUT2D eigenvalue weighted by molar-refractivity contribution is -0.128. The molecule has 0 spiro atoms. The van der Waals surface area contributed by atoms with Gasteiger partial charge in [-0.1, -0.05) is 25.4 Å². The fraction of sp³-hybridized carbons (Fsp3) is 0.857. The van der Waals surface area contributed by atoms with Crippen LogP contribution in [0.25, 0.3) is 0 Å². The van der Waals surface area contributed by atoms with Crippen LogP contribution in [-0.2, 0) is 4.79 Å². The first kappa shape index (κ1) is 16.8. The summed E-state index contributed by atoms with van der Waals surface area (Å²) in [5.41, 5.74) is 4.84. The SMILES string of the molecule is CCC(CC)(C(=O)NCC1CCCCN1C)C(N)=NO. The molecule has 6 heteroatoms. The second-order valence-electron chi connectivity index (χ2n) is 5.61. The number of hydrogen-bond donors (Lipinski definition) is 3. The monoisotopic (exact) mass is 284 g/mol. The summed E-state index contributed by atoms with van der Waals surface area (Å²) in [6.07, 6.45) is 4.57. The lowest BCUT2D eigenvalue weighted by Gasteiger charge is -2.34. The Hall–Kier alpha value is -1.30. The van der Waals surface area contributed by atoms with E-state index in [2.05, 4.69) is 22.4 Å². The van der Waals surface area contributed by atoms with Gasteiger partial charge in [0.1, 0.15) is 5.41 Å². The first-order valence-electron chi connectivity index (χ1n) is 7.48. The van der Waals surface area contributed by atoms with Gasteiger partial charge in [-0.2, -0.15) is 0 Å². The number of likely N-dealkylation sites (N-methyl/N-ethyl adjacent to an activating group) is 1. The fourth-order valence-corrected chi connectivity index (χ4v) is 2.93. The van der Waals surface area contributed by atoms with Crippen molar-refractivity contribution in [3.05, 3.63) is 0 Å². The van der Waals surface area contributed by atoms with Gasteiger partial charge in [0, 0.05) is 12.6 Å². The molecule has 0 aliphatic carbocycles. The van der Waals surface area contributed by atoms with Crippen molar-refractivity contribution in [1.82, 2.24) is 10.2 Å². The Morgan fingerprint density at radius 2 is 2.10 bits per heavy atom. The van der Waals surface area contributed by atoms with Gasteiger partial charge in [0.05, 0.1) is 0 Å². The zero-order chi connectivity index (χ0) is 15.2. The molecule has 1 aliphatic heterocycles. The van der Waals surface area contributed by atoms with Crippen molar-refractivity contribution in [2.24, 2.45) is 16.3 Å². The number of carbonyl (C=O) groups excluding carboxylic acids is 1. The molecule has 1 fully saturated rings. The molecule has 1 rings (SSSR count). The van der Waals surface area contributed by atoms with Crippen molar-refractivity contribution in [2.45, 2.75) is 52.0 Å². The van der Waals surface area contributed by atoms with Crippen LogP contribution in [0, 0.1) is 5.41 Å². The van der Waals surface area contributed by atoms with Crippen molar-refractivity contribution in [3.63, 3.8) is 0 Å². The van der Waals surface area contributed by atoms with Crippen molar-refractivity contribution in [2.75, 3.05) is 20.1 Å². The molecule has 0 bridgehead atoms. The average molecular weight is 284 g/mol. The van der Waals surface area contributed by atoms with Gasteiger partial charge in [-0.3, -0.25) is 4.79 Å². The van der Waals surface area contributed by atoms with Crippen LogP contribution in [0.4, 0.5) is 0 Å². The van der Waals surface area contributed by atoms with E-state index in [1.54, 1.807) is 0 Å². The third kappa shape index (κ3) is 3.42. The van der Waals surface area contributed by atoms with Crippen molar-refractivity contribution < 1.29 is 10.0 Å². The highest BCUT2D eigenvalue weighted by Crippen LogP contribution is 2.27. The number of nitrogens with two attached hydrogens (primary N) is 1. The zero-order valence-corrected chi connectivity index (χ0v) is 12.9. The Labute approximate surface area is 121 Å². The van der Waals surface area contributed by atoms with Crippen LogP contribution in [-0.4, -0.2) is 48.0 Å². The Morgan fingerprint density at radius 3 is 2.60 bits per heavy atom. The molecule has 0 saturated carbocycles. The van der Waals surface area contributed by atoms with E-state index in [0.29, 0.717) is 25.4 Å². The summed E-state index contributed by atoms with van der Waals surface area (Å²) >= 11 is 0. The van der Waals surface area contributed by atoms with Crippen LogP contribution in [0.15, 0.2) is 5.16 Å². The number of rotatable bonds is 6. The molecule has 0 aromatic carbocycles. The number of likely N-dealkylation sites (tertiary alicyclic amines) is 1. The Bertz CT molecular complexity index is 353. The van der Waals surface area contributed by atoms with Crippen molar-refractivity contribution in [3.8, 4) is 0 Å². The number of piperidine rings is 1. The molecule has 1 atom stereocenters. The highest BCUT2D eigenvalue weighted by molar-refractivity contribution is 6.06. The highest BCUT2D eigenvalue weighted by atomic mass is 16.4. The summed E-state index contributed by atoms with van der Waals surface area (Å²) in [4.78, 5) is 14.8. The van der Waals surface area contributed by atoms with Crippen molar-refractivity contribution in [1.29, 1.82) is 0 Å². The van der Waals surface area contributed by atoms with E-state index in [1.165, 1.54) is 12.8 Å². The summed E-state index contributed by atoms with van der Waals surface area (Å²) in [7, 11) is 2.09. The second kappa shape index (κ2) is 7.47. The molecule has 1 amide bonds. The standard InChI is InChI=1S/C14H28N4O2/c1-4-14(5-2,12(15)17-20)13(19)16-10-11-8-6-7-9-18(11)3/h11,20H,4-10H2,1-3H3,(H2,15,17)(H,16,19). The van der Waals surface area contributed by atoms with Crippen LogP contribution >= 0.6 is 0 Å². The van der Waals surface area contributed by atoms with Gasteiger partial charge >= 0.3 is 0 Å². The first-order valence-corrected chi connectivity index (χ1v) is 7.48. The minimum Gasteiger partial charge on any atom is -0.409 e. The van der Waals surface area contributed by atoms with Crippen LogP contribution < -0.4 is 11.1 Å². The number of nitrogens with one attached hydrogen (secondary N) is 1. The predicted octanol–water partition coefficient (Wildman–Crippen LogP) is 1.14. The Balaban J connectivity index is 2.67. The van der Waals surface area contributed by atoms with E-state index in [4.69, 9.17) is 10.9 Å². The number of hydrogen-bond acceptors (Lipinski definition) is 4. The lowest BCUT2D eigenvalue weighted by atomic mass is 9.80. The quantitative estimate of drug-likeness (QED) is 0.295. The molecule has 0 aromatic heterocycles. The van der Waals surface area contributed by atoms with E-state index >= 15 is 0 Å². The van der Waals surface area contributed by atoms with Crippen LogP contribution in [0.2, 0.25) is 0 Å². The van der Waals surface area contributed by atoms with Gasteiger partial charge in [0.25, 0.3) is 0 Å². The molecule has 1 unspecified atom stereocenters. The molecule has 1 heterocycles. The number of carbonyl (C=O) groups is 1. The summed E-state index contributed by atoms with van der Waals surface area (Å²) in [6, 6.07) is 0.381. The summed E-state index contributed by atoms with van der Waals surface area (Å²) in [5, 5.41) is 15.0. The Morgan fingerprint density at radius 1 is 1.45 bits per heavy atom. The summed E-state index contributed by atoms with van der Waals surface area (Å²) in [6.45, 7) is 5.46. The number of oxime groups is 1. The molecular formula is C14H28N4O2. The molecule has 0 radical (unpaired) electrons. The Kier molecular flexibility index (Phi) is 6.26. The predicted molar refractivity (Wildman–Crippen MR) is 79.7 cm³/mol. The van der Waals surface area contributed by atoms with Crippen LogP contribution in [0.5, 0.6) is 0 Å². The maximum Gasteiger partial charge on any atom is 0.233 e. The topological polar surface area (TPSA) is 91.0 Å². The van der Waals surface area contributed by atoms with E-state index in [-0.39, 0.29) is 11.7 Å². The number of nitrogens with zero attached hydrogens (tertiary/aromatic N) is 2. The first-order chi connectivity index (χ1) is 9.51. The van der Waals surface area contributed by atoms with Crippen molar-refractivity contribution >= 4 is 11.7 Å². The molecule has 0 aromatic rings. The smallest absolute Gasteiger partial charge is 0.233 e. The molecule has 1 aliphatic rings. The van der Waals surface area contributed by atoms with E-state index in [1.807, 2.05) is 13.8 Å². The van der Waals surface area contributed by atoms with Crippen LogP contribution in [0.1, 0.15) is 46.0 Å². The normalized spacial score (nSPS) is 21.8. The largest absolute Gasteiger partial charge is 0.409 e. The lowest BCUT2D eigenvalue weighted by Crippen LogP contribution is -2.52. The van der Waals surface area contributed by atoms with Gasteiger partial charge in [-0.15, -0.1) is 0 Å². The molecular weight excluding hydrogens is 256 g/mol. The van der Waals surface area contributed by atoms with E-state index < -0.39 is 5.41 Å². The highest BCUT2D eigenvalue weighted by Gasteiger charge is 2.40. The zero-order valence-electron chi connectivity index (χ0n) is 12.9. The number of amides is 1. The third-order valence-electron chi connectivity index (χ3n) is 4.66. The van der Waals surface area contributed by atoms with Gasteiger partial charge in [-0.05, 0) is 39.3 Å². The van der Waals surface area contributed by atoms with Gasteiger partial charge in [0.2, 0.25) is 5.91 Å². The number of amidine groups is 1. The fourth-order valence-electron chi connectivity index (χ4n) is 2.93. The average Bonchev–Trinajstić information content (AvgIpc) is 2.47. The molecule has 6 nitrogen and oxygen atoms in total. The van der Waals surface area contributed by atoms with Gasteiger partial charge < -0.3 is 21.2 Å². The minimum absolute atomic E-state index is 0.00278. The molecule has 4 N–H and O–H groups in total.